The van der Waals surface area contributed by atoms with Crippen molar-refractivity contribution in [3.8, 4) is 5.75 Å². The molecular weight excluding hydrogens is 395 g/mol. The summed E-state index contributed by atoms with van der Waals surface area (Å²) in [5.74, 6) is 1.25. The van der Waals surface area contributed by atoms with E-state index in [4.69, 9.17) is 16.3 Å². The molecule has 0 amide bonds. The van der Waals surface area contributed by atoms with Gasteiger partial charge in [0.05, 0.1) is 15.1 Å². The Kier molecular flexibility index (Phi) is 5.30. The number of nitrogens with zero attached hydrogens (tertiary/aromatic N) is 2. The largest absolute Gasteiger partial charge is 0.486 e. The van der Waals surface area contributed by atoms with Crippen LogP contribution in [0.3, 0.4) is 0 Å². The zero-order valence-corrected chi connectivity index (χ0v) is 14.3. The van der Waals surface area contributed by atoms with E-state index in [1.54, 1.807) is 0 Å². The highest BCUT2D eigenvalue weighted by molar-refractivity contribution is 9.11. The molecule has 0 spiro atoms. The molecule has 1 heterocycles. The Bertz CT molecular complexity index is 549. The molecule has 0 fully saturated rings. The molecule has 102 valence electrons. The predicted octanol–water partition coefficient (Wildman–Crippen LogP) is 4.75. The average molecular weight is 409 g/mol. The number of hydrogen-bond donors (Lipinski definition) is 0. The van der Waals surface area contributed by atoms with Gasteiger partial charge in [-0.25, -0.2) is 0 Å². The SMILES string of the molecule is CCn1cc(COc2c(Br)cc(CCl)cc2Br)cn1. The van der Waals surface area contributed by atoms with Gasteiger partial charge in [-0.15, -0.1) is 11.6 Å². The maximum atomic E-state index is 5.82. The lowest BCUT2D eigenvalue weighted by Crippen LogP contribution is -1.97. The molecule has 0 atom stereocenters. The van der Waals surface area contributed by atoms with Crippen molar-refractivity contribution in [3.05, 3.63) is 44.6 Å². The van der Waals surface area contributed by atoms with Crippen LogP contribution in [0.1, 0.15) is 18.1 Å². The third-order valence-corrected chi connectivity index (χ3v) is 4.09. The van der Waals surface area contributed by atoms with Crippen molar-refractivity contribution in [2.24, 2.45) is 0 Å². The first-order valence-corrected chi connectivity index (χ1v) is 7.94. The highest BCUT2D eigenvalue weighted by Gasteiger charge is 2.09. The van der Waals surface area contributed by atoms with E-state index in [1.165, 1.54) is 0 Å². The van der Waals surface area contributed by atoms with Crippen LogP contribution in [0.4, 0.5) is 0 Å². The molecule has 0 saturated carbocycles. The fraction of sp³-hybridized carbons (Fsp3) is 0.308. The van der Waals surface area contributed by atoms with Crippen LogP contribution in [-0.4, -0.2) is 9.78 Å². The minimum Gasteiger partial charge on any atom is -0.486 e. The number of aromatic nitrogens is 2. The summed E-state index contributed by atoms with van der Waals surface area (Å²) in [5, 5.41) is 4.21. The molecule has 0 unspecified atom stereocenters. The number of rotatable bonds is 5. The molecule has 2 aromatic rings. The van der Waals surface area contributed by atoms with E-state index in [1.807, 2.05) is 29.2 Å². The van der Waals surface area contributed by atoms with Crippen molar-refractivity contribution in [3.63, 3.8) is 0 Å². The zero-order valence-electron chi connectivity index (χ0n) is 10.4. The van der Waals surface area contributed by atoms with Gasteiger partial charge in [-0.05, 0) is 56.5 Å². The van der Waals surface area contributed by atoms with E-state index >= 15 is 0 Å². The smallest absolute Gasteiger partial charge is 0.148 e. The third kappa shape index (κ3) is 3.74. The molecule has 0 bridgehead atoms. The van der Waals surface area contributed by atoms with Gasteiger partial charge in [0.1, 0.15) is 12.4 Å². The highest BCUT2D eigenvalue weighted by Crippen LogP contribution is 2.35. The molecule has 6 heteroatoms. The Morgan fingerprint density at radius 1 is 1.26 bits per heavy atom. The predicted molar refractivity (Wildman–Crippen MR) is 83.6 cm³/mol. The molecule has 0 aliphatic heterocycles. The first-order chi connectivity index (χ1) is 9.13. The van der Waals surface area contributed by atoms with Gasteiger partial charge in [0.25, 0.3) is 0 Å². The van der Waals surface area contributed by atoms with Gasteiger partial charge in [0, 0.05) is 24.2 Å². The Morgan fingerprint density at radius 3 is 2.47 bits per heavy atom. The molecule has 1 aromatic carbocycles. The first kappa shape index (κ1) is 14.9. The number of hydrogen-bond acceptors (Lipinski definition) is 2. The molecule has 0 aliphatic rings. The molecule has 0 aliphatic carbocycles. The fourth-order valence-corrected chi connectivity index (χ4v) is 3.30. The van der Waals surface area contributed by atoms with Crippen molar-refractivity contribution >= 4 is 43.5 Å². The molecule has 19 heavy (non-hydrogen) atoms. The van der Waals surface area contributed by atoms with E-state index in [-0.39, 0.29) is 0 Å². The molecule has 3 nitrogen and oxygen atoms in total. The molecule has 0 N–H and O–H groups in total. The van der Waals surface area contributed by atoms with E-state index in [2.05, 4.69) is 43.9 Å². The van der Waals surface area contributed by atoms with Crippen molar-refractivity contribution in [2.75, 3.05) is 0 Å². The van der Waals surface area contributed by atoms with Crippen LogP contribution in [0.25, 0.3) is 0 Å². The van der Waals surface area contributed by atoms with Gasteiger partial charge in [0.15, 0.2) is 0 Å². The monoisotopic (exact) mass is 406 g/mol. The lowest BCUT2D eigenvalue weighted by atomic mass is 10.2. The van der Waals surface area contributed by atoms with Gasteiger partial charge in [-0.2, -0.15) is 5.10 Å². The molecule has 2 rings (SSSR count). The van der Waals surface area contributed by atoms with Gasteiger partial charge in [-0.3, -0.25) is 4.68 Å². The molecule has 0 radical (unpaired) electrons. The molecule has 0 saturated heterocycles. The Balaban J connectivity index is 2.11. The molecular formula is C13H13Br2ClN2O. The minimum atomic E-state index is 0.473. The van der Waals surface area contributed by atoms with Gasteiger partial charge in [-0.1, -0.05) is 0 Å². The topological polar surface area (TPSA) is 27.1 Å². The van der Waals surface area contributed by atoms with Crippen molar-refractivity contribution in [1.29, 1.82) is 0 Å². The number of ether oxygens (including phenoxy) is 1. The van der Waals surface area contributed by atoms with Crippen LogP contribution < -0.4 is 4.74 Å². The Labute approximate surface area is 134 Å². The van der Waals surface area contributed by atoms with Crippen LogP contribution in [-0.2, 0) is 19.0 Å². The number of alkyl halides is 1. The zero-order chi connectivity index (χ0) is 13.8. The lowest BCUT2D eigenvalue weighted by Gasteiger charge is -2.10. The van der Waals surface area contributed by atoms with E-state index in [9.17, 15) is 0 Å². The van der Waals surface area contributed by atoms with Crippen LogP contribution in [0.15, 0.2) is 33.5 Å². The summed E-state index contributed by atoms with van der Waals surface area (Å²) >= 11 is 12.8. The summed E-state index contributed by atoms with van der Waals surface area (Å²) in [5.41, 5.74) is 2.08. The first-order valence-electron chi connectivity index (χ1n) is 5.82. The van der Waals surface area contributed by atoms with Crippen molar-refractivity contribution in [2.45, 2.75) is 26.0 Å². The normalized spacial score (nSPS) is 10.7. The van der Waals surface area contributed by atoms with Gasteiger partial charge < -0.3 is 4.74 Å². The quantitative estimate of drug-likeness (QED) is 0.668. The maximum absolute atomic E-state index is 5.82. The Morgan fingerprint density at radius 2 is 1.95 bits per heavy atom. The van der Waals surface area contributed by atoms with Crippen LogP contribution in [0, 0.1) is 0 Å². The second-order valence-corrected chi connectivity index (χ2v) is 5.99. The second kappa shape index (κ2) is 6.77. The molecule has 1 aromatic heterocycles. The Hall–Kier alpha value is -0.520. The third-order valence-electron chi connectivity index (χ3n) is 2.61. The highest BCUT2D eigenvalue weighted by atomic mass is 79.9. The summed E-state index contributed by atoms with van der Waals surface area (Å²) in [6, 6.07) is 3.92. The number of benzene rings is 1. The minimum absolute atomic E-state index is 0.473. The van der Waals surface area contributed by atoms with Crippen LogP contribution >= 0.6 is 43.5 Å². The summed E-state index contributed by atoms with van der Waals surface area (Å²) < 4.78 is 9.47. The number of halogens is 3. The summed E-state index contributed by atoms with van der Waals surface area (Å²) in [4.78, 5) is 0. The van der Waals surface area contributed by atoms with Crippen molar-refractivity contribution in [1.82, 2.24) is 9.78 Å². The van der Waals surface area contributed by atoms with E-state index < -0.39 is 0 Å². The fourth-order valence-electron chi connectivity index (χ4n) is 1.64. The summed E-state index contributed by atoms with van der Waals surface area (Å²) in [7, 11) is 0. The lowest BCUT2D eigenvalue weighted by molar-refractivity contribution is 0.302. The van der Waals surface area contributed by atoms with Gasteiger partial charge >= 0.3 is 0 Å². The standard InChI is InChI=1S/C13H13Br2ClN2O/c1-2-18-7-10(6-17-18)8-19-13-11(14)3-9(5-16)4-12(13)15/h3-4,6-7H,2,5,8H2,1H3. The van der Waals surface area contributed by atoms with Crippen LogP contribution in [0.5, 0.6) is 5.75 Å². The summed E-state index contributed by atoms with van der Waals surface area (Å²) in [6.07, 6.45) is 3.80. The van der Waals surface area contributed by atoms with Crippen LogP contribution in [0.2, 0.25) is 0 Å². The van der Waals surface area contributed by atoms with E-state index in [0.29, 0.717) is 12.5 Å². The van der Waals surface area contributed by atoms with Crippen molar-refractivity contribution < 1.29 is 4.74 Å². The number of aryl methyl sites for hydroxylation is 1. The average Bonchev–Trinajstić information content (AvgIpc) is 2.85. The summed E-state index contributed by atoms with van der Waals surface area (Å²) in [6.45, 7) is 3.39. The van der Waals surface area contributed by atoms with Gasteiger partial charge in [0.2, 0.25) is 0 Å². The second-order valence-electron chi connectivity index (χ2n) is 4.02. The maximum Gasteiger partial charge on any atom is 0.148 e. The van der Waals surface area contributed by atoms with E-state index in [0.717, 1.165) is 32.4 Å².